The SMILES string of the molecule is C[n+]1ccc(C=Cc2ccc(N3CCCC3OCCCCOc3cc(C(=O)O)c(OCCCCOC4CCCN4c4ccc(C=Cc5cc[n+](C)cc5)cc4)cc3C(=O)O)cc2)cc1. The van der Waals surface area contributed by atoms with Gasteiger partial charge in [-0.25, -0.2) is 18.7 Å². The first-order valence-corrected chi connectivity index (χ1v) is 22.3. The maximum absolute atomic E-state index is 12.2. The Morgan fingerprint density at radius 3 is 1.25 bits per heavy atom. The number of unbranched alkanes of at least 4 members (excludes halogenated alkanes) is 2. The number of carboxylic acid groups (broad SMARTS) is 2. The van der Waals surface area contributed by atoms with Gasteiger partial charge in [0.05, 0.1) is 13.2 Å². The van der Waals surface area contributed by atoms with Crippen LogP contribution in [0.25, 0.3) is 24.3 Å². The molecule has 0 spiro atoms. The summed E-state index contributed by atoms with van der Waals surface area (Å²) in [4.78, 5) is 29.1. The fraction of sp³-hybridized carbons (Fsp3) is 0.346. The lowest BCUT2D eigenvalue weighted by atomic mass is 10.1. The number of hydrogen-bond acceptors (Lipinski definition) is 8. The van der Waals surface area contributed by atoms with Crippen molar-refractivity contribution in [1.82, 2.24) is 0 Å². The summed E-state index contributed by atoms with van der Waals surface area (Å²) in [6.45, 7) is 3.30. The van der Waals surface area contributed by atoms with Gasteiger partial charge in [0.15, 0.2) is 24.8 Å². The molecule has 2 N–H and O–H groups in total. The highest BCUT2D eigenvalue weighted by Gasteiger charge is 2.27. The minimum absolute atomic E-state index is 0.00146. The van der Waals surface area contributed by atoms with Gasteiger partial charge >= 0.3 is 11.9 Å². The van der Waals surface area contributed by atoms with Crippen molar-refractivity contribution in [3.05, 3.63) is 143 Å². The van der Waals surface area contributed by atoms with Gasteiger partial charge in [0.25, 0.3) is 0 Å². The van der Waals surface area contributed by atoms with Crippen LogP contribution in [0, 0.1) is 0 Å². The van der Waals surface area contributed by atoms with Crippen LogP contribution in [-0.2, 0) is 23.6 Å². The third-order valence-corrected chi connectivity index (χ3v) is 11.5. The molecule has 0 saturated carbocycles. The summed E-state index contributed by atoms with van der Waals surface area (Å²) in [6.07, 6.45) is 23.1. The van der Waals surface area contributed by atoms with Gasteiger partial charge in [0.2, 0.25) is 0 Å². The topological polar surface area (TPSA) is 126 Å². The van der Waals surface area contributed by atoms with Crippen LogP contribution in [0.2, 0.25) is 0 Å². The Bertz CT molecular complexity index is 2180. The smallest absolute Gasteiger partial charge is 0.339 e. The van der Waals surface area contributed by atoms with Crippen molar-refractivity contribution in [3.63, 3.8) is 0 Å². The minimum Gasteiger partial charge on any atom is -0.493 e. The number of pyridine rings is 2. The molecule has 3 aromatic carbocycles. The van der Waals surface area contributed by atoms with Crippen LogP contribution in [0.1, 0.15) is 94.3 Å². The number of anilines is 2. The highest BCUT2D eigenvalue weighted by molar-refractivity contribution is 5.97. The molecule has 2 aliphatic rings. The van der Waals surface area contributed by atoms with E-state index in [1.54, 1.807) is 0 Å². The Labute approximate surface area is 376 Å². The summed E-state index contributed by atoms with van der Waals surface area (Å²) in [6, 6.07) is 27.8. The molecule has 2 fully saturated rings. The Balaban J connectivity index is 0.818. The number of rotatable bonds is 22. The van der Waals surface area contributed by atoms with Gasteiger partial charge in [-0.3, -0.25) is 0 Å². The quantitative estimate of drug-likeness (QED) is 0.0516. The third kappa shape index (κ3) is 12.8. The van der Waals surface area contributed by atoms with Gasteiger partial charge in [0, 0.05) is 61.9 Å². The number of carboxylic acids is 2. The van der Waals surface area contributed by atoms with Crippen LogP contribution in [0.3, 0.4) is 0 Å². The molecule has 0 radical (unpaired) electrons. The van der Waals surface area contributed by atoms with Crippen LogP contribution in [0.15, 0.2) is 110 Å². The molecule has 0 bridgehead atoms. The molecule has 2 saturated heterocycles. The fourth-order valence-corrected chi connectivity index (χ4v) is 7.94. The van der Waals surface area contributed by atoms with Crippen molar-refractivity contribution in [2.75, 3.05) is 49.3 Å². The second-order valence-corrected chi connectivity index (χ2v) is 16.3. The molecule has 12 nitrogen and oxygen atoms in total. The molecule has 334 valence electrons. The van der Waals surface area contributed by atoms with Crippen LogP contribution in [0.5, 0.6) is 11.5 Å². The Morgan fingerprint density at radius 1 is 0.547 bits per heavy atom. The Morgan fingerprint density at radius 2 is 0.891 bits per heavy atom. The molecular formula is C52H60N4O8+2. The van der Waals surface area contributed by atoms with Crippen LogP contribution in [0.4, 0.5) is 11.4 Å². The number of nitrogens with zero attached hydrogens (tertiary/aromatic N) is 4. The van der Waals surface area contributed by atoms with Crippen molar-refractivity contribution in [2.24, 2.45) is 14.1 Å². The molecule has 0 aliphatic carbocycles. The molecule has 2 unspecified atom stereocenters. The van der Waals surface area contributed by atoms with E-state index in [1.165, 1.54) is 12.1 Å². The summed E-state index contributed by atoms with van der Waals surface area (Å²) >= 11 is 0. The molecule has 7 rings (SSSR count). The number of aryl methyl sites for hydroxylation is 2. The van der Waals surface area contributed by atoms with Gasteiger partial charge < -0.3 is 39.0 Å². The summed E-state index contributed by atoms with van der Waals surface area (Å²) in [5.41, 5.74) is 6.50. The number of carbonyl (C=O) groups is 2. The van der Waals surface area contributed by atoms with Gasteiger partial charge in [-0.2, -0.15) is 0 Å². The van der Waals surface area contributed by atoms with Gasteiger partial charge in [-0.1, -0.05) is 48.6 Å². The van der Waals surface area contributed by atoms with E-state index in [0.29, 0.717) is 38.9 Å². The van der Waals surface area contributed by atoms with Crippen LogP contribution < -0.4 is 28.4 Å². The number of aromatic carboxylic acids is 2. The van der Waals surface area contributed by atoms with E-state index in [-0.39, 0.29) is 48.3 Å². The molecule has 5 aromatic rings. The highest BCUT2D eigenvalue weighted by atomic mass is 16.5. The lowest BCUT2D eigenvalue weighted by Crippen LogP contribution is -2.31. The zero-order valence-corrected chi connectivity index (χ0v) is 36.9. The van der Waals surface area contributed by atoms with Crippen molar-refractivity contribution in [3.8, 4) is 11.5 Å². The molecule has 2 aromatic heterocycles. The van der Waals surface area contributed by atoms with Crippen molar-refractivity contribution in [1.29, 1.82) is 0 Å². The maximum atomic E-state index is 12.2. The standard InChI is InChI=1S/C52H58N4O8/c1-53-29-23-41(24-30-53)13-11-39-15-19-43(20-16-39)55-27-7-9-49(55)63-35-5-3-33-61-47-37-46(52(59)60)48(38-45(47)51(57)58)62-34-4-6-36-64-50-10-8-28-56(50)44-21-17-40(18-22-44)12-14-42-25-31-54(2)32-26-42/h11-26,29-32,37-38,49-50H,3-10,27-28,33-36H2,1-2H3/p+2. The van der Waals surface area contributed by atoms with E-state index >= 15 is 0 Å². The molecule has 0 amide bonds. The highest BCUT2D eigenvalue weighted by Crippen LogP contribution is 2.31. The molecule has 2 atom stereocenters. The first-order chi connectivity index (χ1) is 31.2. The van der Waals surface area contributed by atoms with E-state index in [1.807, 2.05) is 48.0 Å². The lowest BCUT2D eigenvalue weighted by Gasteiger charge is -2.27. The summed E-state index contributed by atoms with van der Waals surface area (Å²) in [5.74, 6) is -2.45. The van der Waals surface area contributed by atoms with Crippen molar-refractivity contribution >= 4 is 47.6 Å². The minimum atomic E-state index is -1.22. The van der Waals surface area contributed by atoms with E-state index in [2.05, 4.69) is 107 Å². The first-order valence-electron chi connectivity index (χ1n) is 22.3. The predicted octanol–water partition coefficient (Wildman–Crippen LogP) is 8.68. The lowest BCUT2D eigenvalue weighted by molar-refractivity contribution is -0.671. The predicted molar refractivity (Wildman–Crippen MR) is 248 cm³/mol. The van der Waals surface area contributed by atoms with Gasteiger partial charge in [-0.05, 0) is 110 Å². The maximum Gasteiger partial charge on any atom is 0.339 e. The normalized spacial score (nSPS) is 16.3. The Kier molecular flexibility index (Phi) is 16.2. The van der Waals surface area contributed by atoms with Crippen LogP contribution >= 0.6 is 0 Å². The third-order valence-electron chi connectivity index (χ3n) is 11.5. The molecule has 12 heteroatoms. The van der Waals surface area contributed by atoms with Gasteiger partial charge in [0.1, 0.15) is 49.2 Å². The zero-order chi connectivity index (χ0) is 44.7. The monoisotopic (exact) mass is 868 g/mol. The largest absolute Gasteiger partial charge is 0.493 e. The van der Waals surface area contributed by atoms with Gasteiger partial charge in [-0.15, -0.1) is 0 Å². The average Bonchev–Trinajstić information content (AvgIpc) is 3.99. The first kappa shape index (κ1) is 45.5. The average molecular weight is 869 g/mol. The van der Waals surface area contributed by atoms with Crippen molar-refractivity contribution in [2.45, 2.75) is 63.8 Å². The van der Waals surface area contributed by atoms with E-state index < -0.39 is 11.9 Å². The number of aromatic nitrogens is 2. The van der Waals surface area contributed by atoms with E-state index in [4.69, 9.17) is 18.9 Å². The number of benzene rings is 3. The molecule has 2 aliphatic heterocycles. The summed E-state index contributed by atoms with van der Waals surface area (Å²) in [5, 5.41) is 20.0. The van der Waals surface area contributed by atoms with E-state index in [0.717, 1.165) is 72.4 Å². The number of hydrogen-bond donors (Lipinski definition) is 2. The zero-order valence-electron chi connectivity index (χ0n) is 36.9. The van der Waals surface area contributed by atoms with Crippen molar-refractivity contribution < 1.29 is 47.9 Å². The molecule has 64 heavy (non-hydrogen) atoms. The second kappa shape index (κ2) is 22.7. The Hall–Kier alpha value is -6.50. The van der Waals surface area contributed by atoms with E-state index in [9.17, 15) is 19.8 Å². The molecular weight excluding hydrogens is 809 g/mol. The summed E-state index contributed by atoms with van der Waals surface area (Å²) < 4.78 is 28.3. The van der Waals surface area contributed by atoms with Crippen LogP contribution in [-0.4, -0.2) is 74.1 Å². The second-order valence-electron chi connectivity index (χ2n) is 16.3. The molecule has 4 heterocycles. The number of ether oxygens (including phenoxy) is 4. The fourth-order valence-electron chi connectivity index (χ4n) is 7.94. The summed E-state index contributed by atoms with van der Waals surface area (Å²) in [7, 11) is 4.00.